The molecular weight excluding hydrogens is 913 g/mol. The highest BCUT2D eigenvalue weighted by Gasteiger charge is 2.19. The van der Waals surface area contributed by atoms with Crippen LogP contribution in [-0.4, -0.2) is 37.2 Å². The molecule has 1 unspecified atom stereocenters. The van der Waals surface area contributed by atoms with E-state index < -0.39 is 6.10 Å². The molecule has 0 rings (SSSR count). The Morgan fingerprint density at radius 3 is 0.892 bits per heavy atom. The molecule has 6 nitrogen and oxygen atoms in total. The predicted octanol–water partition coefficient (Wildman–Crippen LogP) is 21.7. The molecule has 1 atom stereocenters. The highest BCUT2D eigenvalue weighted by molar-refractivity contribution is 5.71. The average molecular weight is 1030 g/mol. The third-order valence-corrected chi connectivity index (χ3v) is 13.9. The van der Waals surface area contributed by atoms with Crippen molar-refractivity contribution in [2.45, 2.75) is 329 Å². The molecule has 74 heavy (non-hydrogen) atoms. The molecule has 428 valence electrons. The van der Waals surface area contributed by atoms with Gasteiger partial charge < -0.3 is 14.2 Å². The third kappa shape index (κ3) is 59.7. The Morgan fingerprint density at radius 1 is 0.284 bits per heavy atom. The van der Waals surface area contributed by atoms with E-state index in [-0.39, 0.29) is 31.1 Å². The summed E-state index contributed by atoms with van der Waals surface area (Å²) in [6.45, 7) is 6.48. The number of carbonyl (C=O) groups is 3. The summed E-state index contributed by atoms with van der Waals surface area (Å²) in [5.74, 6) is -0.884. The lowest BCUT2D eigenvalue weighted by Crippen LogP contribution is -2.30. The van der Waals surface area contributed by atoms with Crippen LogP contribution in [0, 0.1) is 0 Å². The molecule has 0 radical (unpaired) electrons. The van der Waals surface area contributed by atoms with Crippen molar-refractivity contribution in [2.75, 3.05) is 13.2 Å². The van der Waals surface area contributed by atoms with Crippen LogP contribution in [0.2, 0.25) is 0 Å². The minimum absolute atomic E-state index is 0.0778. The van der Waals surface area contributed by atoms with E-state index in [4.69, 9.17) is 14.2 Å². The Morgan fingerprint density at radius 2 is 0.554 bits per heavy atom. The van der Waals surface area contributed by atoms with Gasteiger partial charge in [-0.3, -0.25) is 14.4 Å². The second-order valence-electron chi connectivity index (χ2n) is 21.3. The van der Waals surface area contributed by atoms with Crippen LogP contribution in [0.4, 0.5) is 0 Å². The number of allylic oxidation sites excluding steroid dienone is 12. The molecule has 0 fully saturated rings. The summed E-state index contributed by atoms with van der Waals surface area (Å²) in [5, 5.41) is 0. The molecule has 0 N–H and O–H groups in total. The van der Waals surface area contributed by atoms with Crippen molar-refractivity contribution in [2.24, 2.45) is 0 Å². The van der Waals surface area contributed by atoms with Crippen molar-refractivity contribution in [3.8, 4) is 0 Å². The number of hydrogen-bond acceptors (Lipinski definition) is 6. The van der Waals surface area contributed by atoms with Gasteiger partial charge in [0.05, 0.1) is 0 Å². The lowest BCUT2D eigenvalue weighted by Gasteiger charge is -2.18. The molecule has 0 aliphatic carbocycles. The first-order chi connectivity index (χ1) is 36.5. The summed E-state index contributed by atoms with van der Waals surface area (Å²) >= 11 is 0. The van der Waals surface area contributed by atoms with E-state index in [0.29, 0.717) is 19.3 Å². The first-order valence-corrected chi connectivity index (χ1v) is 31.9. The summed E-state index contributed by atoms with van der Waals surface area (Å²) in [6.07, 6.45) is 80.7. The van der Waals surface area contributed by atoms with E-state index >= 15 is 0 Å². The second-order valence-corrected chi connectivity index (χ2v) is 21.3. The van der Waals surface area contributed by atoms with Crippen molar-refractivity contribution in [3.05, 3.63) is 72.9 Å². The number of esters is 3. The maximum absolute atomic E-state index is 12.8. The van der Waals surface area contributed by atoms with Gasteiger partial charge in [0, 0.05) is 19.3 Å². The van der Waals surface area contributed by atoms with E-state index in [1.807, 2.05) is 0 Å². The zero-order chi connectivity index (χ0) is 53.6. The monoisotopic (exact) mass is 1030 g/mol. The third-order valence-electron chi connectivity index (χ3n) is 13.9. The van der Waals surface area contributed by atoms with Crippen molar-refractivity contribution in [3.63, 3.8) is 0 Å². The molecular formula is C68H120O6. The van der Waals surface area contributed by atoms with Gasteiger partial charge in [0.25, 0.3) is 0 Å². The maximum Gasteiger partial charge on any atom is 0.306 e. The smallest absolute Gasteiger partial charge is 0.306 e. The fourth-order valence-corrected chi connectivity index (χ4v) is 9.14. The Hall–Kier alpha value is -3.15. The number of rotatable bonds is 58. The zero-order valence-corrected chi connectivity index (χ0v) is 49.1. The van der Waals surface area contributed by atoms with Crippen molar-refractivity contribution in [1.29, 1.82) is 0 Å². The van der Waals surface area contributed by atoms with E-state index in [1.165, 1.54) is 173 Å². The molecule has 0 heterocycles. The van der Waals surface area contributed by atoms with Crippen LogP contribution in [0.3, 0.4) is 0 Å². The van der Waals surface area contributed by atoms with Gasteiger partial charge in [0.2, 0.25) is 0 Å². The van der Waals surface area contributed by atoms with Crippen LogP contribution in [0.1, 0.15) is 323 Å². The largest absolute Gasteiger partial charge is 0.462 e. The van der Waals surface area contributed by atoms with E-state index in [0.717, 1.165) is 109 Å². The second kappa shape index (κ2) is 62.4. The van der Waals surface area contributed by atoms with Crippen LogP contribution in [0.5, 0.6) is 0 Å². The minimum atomic E-state index is -0.780. The Kier molecular flexibility index (Phi) is 59.7. The quantitative estimate of drug-likeness (QED) is 0.0261. The summed E-state index contributed by atoms with van der Waals surface area (Å²) < 4.78 is 16.9. The van der Waals surface area contributed by atoms with Crippen molar-refractivity contribution < 1.29 is 28.6 Å². The molecule has 0 aromatic heterocycles. The molecule has 0 spiro atoms. The van der Waals surface area contributed by atoms with Crippen LogP contribution in [-0.2, 0) is 28.6 Å². The summed E-state index contributed by atoms with van der Waals surface area (Å²) in [5.41, 5.74) is 0. The van der Waals surface area contributed by atoms with Crippen molar-refractivity contribution >= 4 is 17.9 Å². The van der Waals surface area contributed by atoms with Gasteiger partial charge in [0.1, 0.15) is 13.2 Å². The molecule has 0 amide bonds. The molecule has 0 bridgehead atoms. The number of carbonyl (C=O) groups excluding carboxylic acids is 3. The van der Waals surface area contributed by atoms with Crippen LogP contribution in [0.15, 0.2) is 72.9 Å². The van der Waals surface area contributed by atoms with Crippen molar-refractivity contribution in [1.82, 2.24) is 0 Å². The van der Waals surface area contributed by atoms with Gasteiger partial charge in [-0.2, -0.15) is 0 Å². The summed E-state index contributed by atoms with van der Waals surface area (Å²) in [7, 11) is 0. The number of hydrogen-bond donors (Lipinski definition) is 0. The number of ether oxygens (including phenoxy) is 3. The van der Waals surface area contributed by atoms with Gasteiger partial charge in [-0.15, -0.1) is 0 Å². The molecule has 0 aliphatic heterocycles. The normalized spacial score (nSPS) is 12.5. The first-order valence-electron chi connectivity index (χ1n) is 31.9. The molecule has 0 aliphatic rings. The van der Waals surface area contributed by atoms with Gasteiger partial charge in [-0.1, -0.05) is 273 Å². The molecule has 0 saturated heterocycles. The van der Waals surface area contributed by atoms with Gasteiger partial charge >= 0.3 is 17.9 Å². The zero-order valence-electron chi connectivity index (χ0n) is 49.1. The SMILES string of the molecule is CC/C=C\C/C=C\C/C=C\C/C=C\CCCCCCCCCCCCCCCCCCCCC(=O)OCC(COC(=O)CCCCCCC/C=C\CCC)OC(=O)CCCCCCC/C=C\CCCCCCCC. The fraction of sp³-hybridized carbons (Fsp3) is 0.779. The maximum atomic E-state index is 12.8. The predicted molar refractivity (Wildman–Crippen MR) is 321 cm³/mol. The van der Waals surface area contributed by atoms with Crippen LogP contribution in [0.25, 0.3) is 0 Å². The van der Waals surface area contributed by atoms with Gasteiger partial charge in [-0.05, 0) is 103 Å². The summed E-state index contributed by atoms with van der Waals surface area (Å²) in [4.78, 5) is 38.1. The molecule has 0 aromatic rings. The first kappa shape index (κ1) is 70.8. The summed E-state index contributed by atoms with van der Waals surface area (Å²) in [6, 6.07) is 0. The lowest BCUT2D eigenvalue weighted by atomic mass is 10.0. The standard InChI is InChI=1S/C68H120O6/c1-4-7-10-13-16-19-22-24-26-27-28-29-30-31-32-33-34-35-36-37-38-39-40-41-43-44-46-49-52-55-58-61-67(70)73-64-65(63-72-66(69)60-57-54-51-48-21-18-15-12-9-6-3)74-68(71)62-59-56-53-50-47-45-42-25-23-20-17-14-11-8-5-2/h7,10,12,15-16,19,24-26,28-29,42,65H,4-6,8-9,11,13-14,17-18,20-23,27,30-41,43-64H2,1-3H3/b10-7-,15-12-,19-16-,26-24-,29-28-,42-25-. The Balaban J connectivity index is 4.10. The van der Waals surface area contributed by atoms with Gasteiger partial charge in [0.15, 0.2) is 6.10 Å². The fourth-order valence-electron chi connectivity index (χ4n) is 9.14. The van der Waals surface area contributed by atoms with Crippen LogP contribution >= 0.6 is 0 Å². The molecule has 6 heteroatoms. The van der Waals surface area contributed by atoms with E-state index in [2.05, 4.69) is 93.7 Å². The minimum Gasteiger partial charge on any atom is -0.462 e. The molecule has 0 saturated carbocycles. The van der Waals surface area contributed by atoms with Gasteiger partial charge in [-0.25, -0.2) is 0 Å². The van der Waals surface area contributed by atoms with E-state index in [9.17, 15) is 14.4 Å². The van der Waals surface area contributed by atoms with E-state index in [1.54, 1.807) is 0 Å². The highest BCUT2D eigenvalue weighted by atomic mass is 16.6. The number of unbranched alkanes of at least 4 members (excludes halogenated alkanes) is 35. The molecule has 0 aromatic carbocycles. The Bertz CT molecular complexity index is 1370. The average Bonchev–Trinajstić information content (AvgIpc) is 3.40. The lowest BCUT2D eigenvalue weighted by molar-refractivity contribution is -0.167. The van der Waals surface area contributed by atoms with Crippen LogP contribution < -0.4 is 0 Å². The highest BCUT2D eigenvalue weighted by Crippen LogP contribution is 2.17. The Labute approximate surface area is 459 Å². The topological polar surface area (TPSA) is 78.9 Å².